The maximum Gasteiger partial charge on any atom is 0.348 e. The van der Waals surface area contributed by atoms with E-state index in [0.717, 1.165) is 22.0 Å². The number of hydrogen-bond donors (Lipinski definition) is 0. The molecule has 0 bridgehead atoms. The van der Waals surface area contributed by atoms with Gasteiger partial charge in [0.25, 0.3) is 5.56 Å². The van der Waals surface area contributed by atoms with Crippen LogP contribution in [0.4, 0.5) is 0 Å². The summed E-state index contributed by atoms with van der Waals surface area (Å²) in [7, 11) is 1.83. The molecule has 0 amide bonds. The molecule has 0 spiro atoms. The van der Waals surface area contributed by atoms with Crippen LogP contribution < -0.4 is 5.56 Å². The number of para-hydroxylation sites is 1. The lowest BCUT2D eigenvalue weighted by Gasteiger charge is -2.09. The Bertz CT molecular complexity index is 1420. The topological polar surface area (TPSA) is 75.2 Å². The van der Waals surface area contributed by atoms with Gasteiger partial charge in [-0.1, -0.05) is 18.2 Å². The second-order valence-corrected chi connectivity index (χ2v) is 9.23. The van der Waals surface area contributed by atoms with Crippen molar-refractivity contribution in [2.45, 2.75) is 27.7 Å². The molecular weight excluding hydrogens is 438 g/mol. The van der Waals surface area contributed by atoms with Crippen LogP contribution in [0.1, 0.15) is 42.0 Å². The first-order valence-corrected chi connectivity index (χ1v) is 11.3. The van der Waals surface area contributed by atoms with Crippen LogP contribution in [0.15, 0.2) is 53.3 Å². The van der Waals surface area contributed by atoms with Crippen molar-refractivity contribution in [2.24, 2.45) is 7.05 Å². The Hall–Kier alpha value is -3.65. The van der Waals surface area contributed by atoms with Gasteiger partial charge in [0.15, 0.2) is 6.61 Å². The summed E-state index contributed by atoms with van der Waals surface area (Å²) < 4.78 is 10.4. The van der Waals surface area contributed by atoms with Crippen molar-refractivity contribution in [2.75, 3.05) is 6.61 Å². The Morgan fingerprint density at radius 2 is 1.67 bits per heavy atom. The summed E-state index contributed by atoms with van der Waals surface area (Å²) in [5.41, 5.74) is 3.64. The number of hydrogen-bond acceptors (Lipinski definition) is 5. The molecule has 0 atom stereocenters. The van der Waals surface area contributed by atoms with Crippen molar-refractivity contribution < 1.29 is 14.3 Å². The van der Waals surface area contributed by atoms with Crippen LogP contribution in [-0.4, -0.2) is 32.3 Å². The quantitative estimate of drug-likeness (QED) is 0.316. The highest BCUT2D eigenvalue weighted by Gasteiger charge is 2.24. The second kappa shape index (κ2) is 8.71. The number of rotatable bonds is 6. The van der Waals surface area contributed by atoms with E-state index in [1.54, 1.807) is 33.0 Å². The summed E-state index contributed by atoms with van der Waals surface area (Å²) >= 11 is 1.33. The van der Waals surface area contributed by atoms with Gasteiger partial charge in [-0.25, -0.2) is 9.48 Å². The first-order valence-electron chi connectivity index (χ1n) is 10.5. The lowest BCUT2D eigenvalue weighted by atomic mass is 10.1. The molecule has 0 aliphatic heterocycles. The van der Waals surface area contributed by atoms with Crippen molar-refractivity contribution in [1.29, 1.82) is 0 Å². The second-order valence-electron chi connectivity index (χ2n) is 7.94. The highest BCUT2D eigenvalue weighted by molar-refractivity contribution is 7.13. The van der Waals surface area contributed by atoms with Crippen LogP contribution in [0.5, 0.6) is 0 Å². The Morgan fingerprint density at radius 3 is 2.30 bits per heavy atom. The highest BCUT2D eigenvalue weighted by atomic mass is 32.1. The van der Waals surface area contributed by atoms with Gasteiger partial charge >= 0.3 is 5.97 Å². The number of benzene rings is 1. The zero-order chi connectivity index (χ0) is 23.9. The number of carbonyl (C=O) groups excluding carboxylic acids is 2. The fourth-order valence-corrected chi connectivity index (χ4v) is 4.79. The maximum atomic E-state index is 13.4. The molecule has 4 aromatic rings. The zero-order valence-electron chi connectivity index (χ0n) is 19.2. The Balaban J connectivity index is 1.67. The average Bonchev–Trinajstić information content (AvgIpc) is 3.42. The van der Waals surface area contributed by atoms with Gasteiger partial charge in [0.1, 0.15) is 10.6 Å². The van der Waals surface area contributed by atoms with Crippen molar-refractivity contribution in [3.8, 4) is 11.4 Å². The van der Waals surface area contributed by atoms with Crippen molar-refractivity contribution in [1.82, 2.24) is 13.9 Å². The molecule has 8 heteroatoms. The number of carbonyl (C=O) groups is 2. The molecule has 3 aromatic heterocycles. The Morgan fingerprint density at radius 1 is 0.970 bits per heavy atom. The summed E-state index contributed by atoms with van der Waals surface area (Å²) in [6.45, 7) is 7.06. The number of thiophene rings is 1. The molecule has 170 valence electrons. The minimum absolute atomic E-state index is 0.179. The first-order chi connectivity index (χ1) is 15.7. The number of esters is 1. The minimum atomic E-state index is -0.514. The van der Waals surface area contributed by atoms with Gasteiger partial charge in [-0.05, 0) is 58.0 Å². The van der Waals surface area contributed by atoms with Crippen molar-refractivity contribution in [3.05, 3.63) is 91.3 Å². The van der Waals surface area contributed by atoms with E-state index in [0.29, 0.717) is 21.8 Å². The number of ketones is 1. The predicted molar refractivity (Wildman–Crippen MR) is 128 cm³/mol. The first kappa shape index (κ1) is 22.5. The standard InChI is InChI=1S/C25H25N3O4S/c1-15-13-20(21(29)14-32-25(31)22-12-11-16(2)33-22)17(3)27(15)23-18(4)26(5)28(24(23)30)19-9-7-6-8-10-19/h6-13H,14H2,1-5H3. The molecule has 0 aliphatic carbocycles. The number of ether oxygens (including phenoxy) is 1. The number of aryl methyl sites for hydroxylation is 2. The summed E-state index contributed by atoms with van der Waals surface area (Å²) in [6.07, 6.45) is 0. The largest absolute Gasteiger partial charge is 0.453 e. The molecule has 3 heterocycles. The van der Waals surface area contributed by atoms with Crippen molar-refractivity contribution >= 4 is 23.1 Å². The normalized spacial score (nSPS) is 11.1. The number of nitrogens with zero attached hydrogens (tertiary/aromatic N) is 3. The lowest BCUT2D eigenvalue weighted by molar-refractivity contribution is 0.0479. The van der Waals surface area contributed by atoms with E-state index in [9.17, 15) is 14.4 Å². The molecule has 0 aliphatic rings. The number of aromatic nitrogens is 3. The molecule has 7 nitrogen and oxygen atoms in total. The maximum absolute atomic E-state index is 13.4. The van der Waals surface area contributed by atoms with Gasteiger partial charge in [0.2, 0.25) is 5.78 Å². The van der Waals surface area contributed by atoms with E-state index in [1.807, 2.05) is 64.2 Å². The summed E-state index contributed by atoms with van der Waals surface area (Å²) in [5, 5.41) is 0. The lowest BCUT2D eigenvalue weighted by Crippen LogP contribution is -2.22. The average molecular weight is 464 g/mol. The van der Waals surface area contributed by atoms with Crippen molar-refractivity contribution in [3.63, 3.8) is 0 Å². The molecule has 0 saturated carbocycles. The van der Waals surface area contributed by atoms with Crippen LogP contribution in [0.3, 0.4) is 0 Å². The fourth-order valence-electron chi connectivity index (χ4n) is 4.03. The fraction of sp³-hybridized carbons (Fsp3) is 0.240. The van der Waals surface area contributed by atoms with Crippen LogP contribution in [0.2, 0.25) is 0 Å². The monoisotopic (exact) mass is 463 g/mol. The SMILES string of the molecule is Cc1ccc(C(=O)OCC(=O)c2cc(C)n(-c3c(C)n(C)n(-c4ccccc4)c3=O)c2C)s1. The van der Waals surface area contributed by atoms with E-state index in [-0.39, 0.29) is 17.9 Å². The molecule has 33 heavy (non-hydrogen) atoms. The third kappa shape index (κ3) is 3.98. The van der Waals surface area contributed by atoms with Crippen LogP contribution >= 0.6 is 11.3 Å². The molecule has 0 saturated heterocycles. The van der Waals surface area contributed by atoms with Gasteiger partial charge in [0.05, 0.1) is 11.4 Å². The predicted octanol–water partition coefficient (Wildman–Crippen LogP) is 4.30. The summed E-state index contributed by atoms with van der Waals surface area (Å²) in [5.74, 6) is -0.826. The molecule has 0 fully saturated rings. The van der Waals surface area contributed by atoms with Gasteiger partial charge in [0, 0.05) is 28.9 Å². The van der Waals surface area contributed by atoms with Gasteiger partial charge in [-0.2, -0.15) is 0 Å². The van der Waals surface area contributed by atoms with Gasteiger partial charge in [-0.15, -0.1) is 11.3 Å². The van der Waals surface area contributed by atoms with Crippen LogP contribution in [0.25, 0.3) is 11.4 Å². The highest BCUT2D eigenvalue weighted by Crippen LogP contribution is 2.23. The number of Topliss-reactive ketones (excluding diaryl/α,β-unsaturated/α-hetero) is 1. The Kier molecular flexibility index (Phi) is 5.95. The third-order valence-corrected chi connectivity index (χ3v) is 6.74. The van der Waals surface area contributed by atoms with E-state index in [2.05, 4.69) is 0 Å². The molecule has 0 unspecified atom stereocenters. The van der Waals surface area contributed by atoms with Crippen LogP contribution in [0, 0.1) is 27.7 Å². The Labute approximate surface area is 195 Å². The van der Waals surface area contributed by atoms with E-state index in [1.165, 1.54) is 11.3 Å². The van der Waals surface area contributed by atoms with Gasteiger partial charge in [-0.3, -0.25) is 14.3 Å². The third-order valence-electron chi connectivity index (χ3n) is 5.75. The summed E-state index contributed by atoms with van der Waals surface area (Å²) in [6, 6.07) is 14.7. The molecule has 1 aromatic carbocycles. The molecule has 4 rings (SSSR count). The van der Waals surface area contributed by atoms with Crippen LogP contribution in [-0.2, 0) is 11.8 Å². The molecule has 0 radical (unpaired) electrons. The zero-order valence-corrected chi connectivity index (χ0v) is 20.0. The van der Waals surface area contributed by atoms with E-state index in [4.69, 9.17) is 4.74 Å². The molecule has 0 N–H and O–H groups in total. The summed E-state index contributed by atoms with van der Waals surface area (Å²) in [4.78, 5) is 40.0. The molecular formula is C25H25N3O4S. The minimum Gasteiger partial charge on any atom is -0.453 e. The van der Waals surface area contributed by atoms with E-state index >= 15 is 0 Å². The van der Waals surface area contributed by atoms with E-state index < -0.39 is 5.97 Å². The van der Waals surface area contributed by atoms with Gasteiger partial charge < -0.3 is 9.30 Å². The smallest absolute Gasteiger partial charge is 0.348 e.